The number of imidazole rings is 1. The van der Waals surface area contributed by atoms with Gasteiger partial charge in [0.25, 0.3) is 6.01 Å². The molecule has 8 heteroatoms. The zero-order valence-corrected chi connectivity index (χ0v) is 14.2. The molecule has 0 unspecified atom stereocenters. The number of nitriles is 1. The van der Waals surface area contributed by atoms with Gasteiger partial charge in [-0.1, -0.05) is 30.3 Å². The molecular weight excluding hydrogens is 348 g/mol. The molecule has 0 bridgehead atoms. The largest absolute Gasteiger partial charge is 0.456 e. The van der Waals surface area contributed by atoms with Gasteiger partial charge in [0, 0.05) is 5.56 Å². The third kappa shape index (κ3) is 2.73. The number of H-pyrrole nitrogens is 1. The number of rotatable bonds is 3. The number of benzene rings is 1. The van der Waals surface area contributed by atoms with Crippen LogP contribution in [0, 0.1) is 11.3 Å². The molecule has 8 nitrogen and oxygen atoms in total. The van der Waals surface area contributed by atoms with Gasteiger partial charge in [0.2, 0.25) is 0 Å². The van der Waals surface area contributed by atoms with Crippen molar-refractivity contribution in [1.29, 1.82) is 5.26 Å². The molecule has 2 fully saturated rings. The molecule has 0 aliphatic carbocycles. The van der Waals surface area contributed by atoms with Crippen molar-refractivity contribution >= 4 is 11.2 Å². The summed E-state index contributed by atoms with van der Waals surface area (Å²) in [5.74, 6) is 0. The van der Waals surface area contributed by atoms with E-state index in [0.717, 1.165) is 5.56 Å². The second kappa shape index (κ2) is 6.32. The van der Waals surface area contributed by atoms with Gasteiger partial charge in [0.15, 0.2) is 11.8 Å². The Hall–Kier alpha value is -2.99. The molecule has 4 heterocycles. The lowest BCUT2D eigenvalue weighted by Crippen LogP contribution is -2.34. The van der Waals surface area contributed by atoms with Gasteiger partial charge in [0.05, 0.1) is 30.0 Å². The summed E-state index contributed by atoms with van der Waals surface area (Å²) in [6, 6.07) is 13.7. The third-order valence-electron chi connectivity index (χ3n) is 4.86. The van der Waals surface area contributed by atoms with Crippen molar-refractivity contribution in [2.24, 2.45) is 0 Å². The molecule has 0 saturated carbocycles. The average molecular weight is 364 g/mol. The van der Waals surface area contributed by atoms with Crippen LogP contribution in [0.3, 0.4) is 0 Å². The summed E-state index contributed by atoms with van der Waals surface area (Å²) in [5, 5.41) is 19.3. The summed E-state index contributed by atoms with van der Waals surface area (Å²) >= 11 is 0. The number of ether oxygens (including phenoxy) is 3. The Bertz CT molecular complexity index is 1030. The van der Waals surface area contributed by atoms with Gasteiger partial charge >= 0.3 is 0 Å². The summed E-state index contributed by atoms with van der Waals surface area (Å²) in [6.07, 6.45) is -1.69. The second-order valence-electron chi connectivity index (χ2n) is 6.60. The van der Waals surface area contributed by atoms with Crippen molar-refractivity contribution < 1.29 is 19.3 Å². The standard InChI is InChI=1S/C19H16N4O4/c20-7-11-6-12-18(22-15(11)10-4-2-1-3-5-10)23-19(21-12)27-14-9-26-16-13(24)8-25-17(14)16/h1-6,13-14,16-17,24H,8-9H2,(H,21,22,23)/t13-,14-,16-,17-/m1/s1. The second-order valence-corrected chi connectivity index (χ2v) is 6.60. The lowest BCUT2D eigenvalue weighted by atomic mass is 10.1. The molecule has 4 atom stereocenters. The van der Waals surface area contributed by atoms with E-state index in [4.69, 9.17) is 14.2 Å². The number of aromatic nitrogens is 3. The van der Waals surface area contributed by atoms with Gasteiger partial charge in [-0.3, -0.25) is 0 Å². The van der Waals surface area contributed by atoms with Crippen LogP contribution >= 0.6 is 0 Å². The Morgan fingerprint density at radius 2 is 1.96 bits per heavy atom. The number of nitrogens with zero attached hydrogens (tertiary/aromatic N) is 3. The molecule has 1 aromatic carbocycles. The zero-order valence-electron chi connectivity index (χ0n) is 14.2. The molecule has 27 heavy (non-hydrogen) atoms. The predicted molar refractivity (Wildman–Crippen MR) is 93.9 cm³/mol. The first-order valence-corrected chi connectivity index (χ1v) is 8.67. The van der Waals surface area contributed by atoms with Crippen molar-refractivity contribution in [1.82, 2.24) is 15.0 Å². The lowest BCUT2D eigenvalue weighted by molar-refractivity contribution is 0.00706. The number of aliphatic hydroxyl groups is 1. The van der Waals surface area contributed by atoms with E-state index in [1.165, 1.54) is 0 Å². The first-order valence-electron chi connectivity index (χ1n) is 8.67. The van der Waals surface area contributed by atoms with Crippen molar-refractivity contribution in [3.63, 3.8) is 0 Å². The number of nitrogens with one attached hydrogen (secondary N) is 1. The van der Waals surface area contributed by atoms with E-state index in [2.05, 4.69) is 21.0 Å². The molecule has 136 valence electrons. The molecule has 0 amide bonds. The van der Waals surface area contributed by atoms with Crippen LogP contribution in [-0.2, 0) is 9.47 Å². The van der Waals surface area contributed by atoms with Crippen LogP contribution in [0.4, 0.5) is 0 Å². The normalized spacial score (nSPS) is 26.8. The Morgan fingerprint density at radius 1 is 1.15 bits per heavy atom. The van der Waals surface area contributed by atoms with Crippen LogP contribution in [0.1, 0.15) is 5.56 Å². The molecule has 3 aromatic rings. The highest BCUT2D eigenvalue weighted by Gasteiger charge is 2.48. The maximum absolute atomic E-state index is 9.82. The van der Waals surface area contributed by atoms with Gasteiger partial charge in [-0.25, -0.2) is 4.98 Å². The van der Waals surface area contributed by atoms with Crippen LogP contribution in [0.5, 0.6) is 6.01 Å². The fourth-order valence-corrected chi connectivity index (χ4v) is 3.57. The summed E-state index contributed by atoms with van der Waals surface area (Å²) in [6.45, 7) is 0.554. The van der Waals surface area contributed by atoms with Crippen LogP contribution in [0.15, 0.2) is 36.4 Å². The van der Waals surface area contributed by atoms with E-state index in [9.17, 15) is 10.4 Å². The first-order chi connectivity index (χ1) is 13.2. The van der Waals surface area contributed by atoms with Gasteiger partial charge in [-0.2, -0.15) is 10.2 Å². The van der Waals surface area contributed by atoms with E-state index in [1.807, 2.05) is 30.3 Å². The maximum Gasteiger partial charge on any atom is 0.296 e. The molecule has 2 N–H and O–H groups in total. The molecule has 2 aliphatic rings. The Kier molecular flexibility index (Phi) is 3.79. The average Bonchev–Trinajstić information content (AvgIpc) is 3.38. The molecule has 2 aliphatic heterocycles. The summed E-state index contributed by atoms with van der Waals surface area (Å²) in [7, 11) is 0. The van der Waals surface area contributed by atoms with Gasteiger partial charge in [0.1, 0.15) is 24.4 Å². The number of fused-ring (bicyclic) bond motifs is 2. The highest BCUT2D eigenvalue weighted by molar-refractivity contribution is 5.80. The summed E-state index contributed by atoms with van der Waals surface area (Å²) in [5.41, 5.74) is 2.96. The summed E-state index contributed by atoms with van der Waals surface area (Å²) in [4.78, 5) is 12.0. The predicted octanol–water partition coefficient (Wildman–Crippen LogP) is 1.40. The molecule has 2 aromatic heterocycles. The topological polar surface area (TPSA) is 113 Å². The van der Waals surface area contributed by atoms with E-state index in [-0.39, 0.29) is 30.9 Å². The Balaban J connectivity index is 1.47. The van der Waals surface area contributed by atoms with Crippen molar-refractivity contribution in [3.8, 4) is 23.3 Å². The van der Waals surface area contributed by atoms with Crippen molar-refractivity contribution in [2.75, 3.05) is 13.2 Å². The van der Waals surface area contributed by atoms with Crippen molar-refractivity contribution in [2.45, 2.75) is 24.4 Å². The van der Waals surface area contributed by atoms with E-state index < -0.39 is 6.10 Å². The molecule has 2 saturated heterocycles. The zero-order chi connectivity index (χ0) is 18.4. The highest BCUT2D eigenvalue weighted by atomic mass is 16.6. The quantitative estimate of drug-likeness (QED) is 0.722. The van der Waals surface area contributed by atoms with E-state index >= 15 is 0 Å². The number of pyridine rings is 1. The molecule has 0 radical (unpaired) electrons. The number of hydrogen-bond donors (Lipinski definition) is 2. The lowest BCUT2D eigenvalue weighted by Gasteiger charge is -2.15. The third-order valence-corrected chi connectivity index (χ3v) is 4.86. The van der Waals surface area contributed by atoms with Crippen LogP contribution in [0.25, 0.3) is 22.4 Å². The van der Waals surface area contributed by atoms with Crippen LogP contribution < -0.4 is 4.74 Å². The minimum absolute atomic E-state index is 0.239. The van der Waals surface area contributed by atoms with E-state index in [1.54, 1.807) is 6.07 Å². The fraction of sp³-hybridized carbons (Fsp3) is 0.316. The van der Waals surface area contributed by atoms with Crippen LogP contribution in [0.2, 0.25) is 0 Å². The number of aromatic amines is 1. The Morgan fingerprint density at radius 3 is 2.78 bits per heavy atom. The maximum atomic E-state index is 9.82. The highest BCUT2D eigenvalue weighted by Crippen LogP contribution is 2.30. The SMILES string of the molecule is N#Cc1cc2[nH]c(O[C@@H]3CO[C@H]4[C@@H]3OC[C@H]4O)nc2nc1-c1ccccc1. The first kappa shape index (κ1) is 16.2. The fourth-order valence-electron chi connectivity index (χ4n) is 3.57. The summed E-state index contributed by atoms with van der Waals surface area (Å²) < 4.78 is 17.0. The minimum Gasteiger partial charge on any atom is -0.456 e. The van der Waals surface area contributed by atoms with E-state index in [0.29, 0.717) is 29.0 Å². The van der Waals surface area contributed by atoms with Crippen molar-refractivity contribution in [3.05, 3.63) is 42.0 Å². The monoisotopic (exact) mass is 364 g/mol. The molecular formula is C19H16N4O4. The van der Waals surface area contributed by atoms with Gasteiger partial charge < -0.3 is 24.3 Å². The molecule has 0 spiro atoms. The Labute approximate surface area is 154 Å². The number of hydrogen-bond acceptors (Lipinski definition) is 7. The van der Waals surface area contributed by atoms with Gasteiger partial charge in [-0.05, 0) is 6.07 Å². The van der Waals surface area contributed by atoms with Gasteiger partial charge in [-0.15, -0.1) is 0 Å². The molecule has 5 rings (SSSR count). The minimum atomic E-state index is -0.632. The van der Waals surface area contributed by atoms with Crippen LogP contribution in [-0.4, -0.2) is 57.7 Å². The smallest absolute Gasteiger partial charge is 0.296 e. The number of aliphatic hydroxyl groups excluding tert-OH is 1.